The van der Waals surface area contributed by atoms with Crippen molar-refractivity contribution < 1.29 is 8.83 Å². The molecule has 15 aromatic rings. The first kappa shape index (κ1) is 44.2. The van der Waals surface area contributed by atoms with Crippen LogP contribution in [-0.2, 0) is 6.42 Å². The van der Waals surface area contributed by atoms with Gasteiger partial charge in [-0.05, 0) is 132 Å². The Morgan fingerprint density at radius 1 is 0.308 bits per heavy atom. The third-order valence-electron chi connectivity index (χ3n) is 16.4. The zero-order valence-electron chi connectivity index (χ0n) is 42.5. The summed E-state index contributed by atoms with van der Waals surface area (Å²) in [5.74, 6) is 0. The first-order chi connectivity index (χ1) is 38.7. The van der Waals surface area contributed by atoms with E-state index in [0.29, 0.717) is 0 Å². The Kier molecular flexibility index (Phi) is 10.0. The number of fused-ring (bicyclic) bond motifs is 13. The second-order valence-electron chi connectivity index (χ2n) is 20.6. The molecule has 4 nitrogen and oxygen atoms in total. The van der Waals surface area contributed by atoms with Crippen LogP contribution < -0.4 is 9.80 Å². The predicted molar refractivity (Wildman–Crippen MR) is 326 cm³/mol. The summed E-state index contributed by atoms with van der Waals surface area (Å²) >= 11 is 0. The average molecular weight is 997 g/mol. The van der Waals surface area contributed by atoms with Gasteiger partial charge in [0.1, 0.15) is 11.2 Å². The van der Waals surface area contributed by atoms with Crippen molar-refractivity contribution in [3.8, 4) is 33.4 Å². The van der Waals surface area contributed by atoms with E-state index in [1.807, 2.05) is 0 Å². The van der Waals surface area contributed by atoms with Gasteiger partial charge in [-0.25, -0.2) is 0 Å². The van der Waals surface area contributed by atoms with Gasteiger partial charge >= 0.3 is 0 Å². The number of furan rings is 2. The van der Waals surface area contributed by atoms with E-state index in [-0.39, 0.29) is 6.04 Å². The number of anilines is 5. The monoisotopic (exact) mass is 996 g/mol. The van der Waals surface area contributed by atoms with E-state index >= 15 is 0 Å². The highest BCUT2D eigenvalue weighted by atomic mass is 16.3. The van der Waals surface area contributed by atoms with Crippen molar-refractivity contribution >= 4 is 105 Å². The van der Waals surface area contributed by atoms with Crippen molar-refractivity contribution in [1.29, 1.82) is 0 Å². The van der Waals surface area contributed by atoms with Crippen molar-refractivity contribution in [2.45, 2.75) is 12.5 Å². The van der Waals surface area contributed by atoms with Gasteiger partial charge in [0, 0.05) is 38.3 Å². The van der Waals surface area contributed by atoms with Crippen LogP contribution in [0.25, 0.3) is 110 Å². The largest absolute Gasteiger partial charge is 0.454 e. The quantitative estimate of drug-likeness (QED) is 0.152. The average Bonchev–Trinajstić information content (AvgIpc) is 4.22. The summed E-state index contributed by atoms with van der Waals surface area (Å²) in [5, 5.41) is 11.7. The summed E-state index contributed by atoms with van der Waals surface area (Å²) in [6, 6.07) is 99.1. The lowest BCUT2D eigenvalue weighted by atomic mass is 9.78. The molecular weight excluding hydrogens is 949 g/mol. The van der Waals surface area contributed by atoms with Crippen LogP contribution in [0.2, 0.25) is 0 Å². The highest BCUT2D eigenvalue weighted by Gasteiger charge is 2.35. The van der Waals surface area contributed by atoms with E-state index in [9.17, 15) is 0 Å². The molecule has 1 unspecified atom stereocenters. The Balaban J connectivity index is 0.899. The van der Waals surface area contributed by atoms with Crippen molar-refractivity contribution in [3.63, 3.8) is 0 Å². The first-order valence-corrected chi connectivity index (χ1v) is 26.9. The molecule has 0 amide bonds. The Labute approximate surface area is 450 Å². The minimum Gasteiger partial charge on any atom is -0.454 e. The third-order valence-corrected chi connectivity index (χ3v) is 16.4. The SMILES string of the molecule is c1ccc2c(c1)-c1cc(N(c3ccc(-c4cccc5ccccc45)cc3)c3cccc4c3oc3ccccc34)c3ccccc3c1CC2N(c1ccc(-c2cccc3ccccc23)cc1)c1cccc2c1oc1ccccc12. The second-order valence-corrected chi connectivity index (χ2v) is 20.6. The number of benzene rings is 13. The predicted octanol–water partition coefficient (Wildman–Crippen LogP) is 20.9. The molecule has 2 heterocycles. The lowest BCUT2D eigenvalue weighted by molar-refractivity contribution is 0.653. The molecule has 4 heteroatoms. The topological polar surface area (TPSA) is 32.8 Å². The molecule has 78 heavy (non-hydrogen) atoms. The van der Waals surface area contributed by atoms with Gasteiger partial charge < -0.3 is 18.6 Å². The van der Waals surface area contributed by atoms with Gasteiger partial charge in [-0.15, -0.1) is 0 Å². The van der Waals surface area contributed by atoms with E-state index < -0.39 is 0 Å². The van der Waals surface area contributed by atoms with Gasteiger partial charge in [-0.1, -0.05) is 218 Å². The molecule has 2 aromatic heterocycles. The smallest absolute Gasteiger partial charge is 0.159 e. The summed E-state index contributed by atoms with van der Waals surface area (Å²) in [6.45, 7) is 0. The van der Waals surface area contributed by atoms with Crippen LogP contribution >= 0.6 is 0 Å². The van der Waals surface area contributed by atoms with E-state index in [1.54, 1.807) is 0 Å². The van der Waals surface area contributed by atoms with Crippen LogP contribution in [0.4, 0.5) is 28.4 Å². The zero-order valence-corrected chi connectivity index (χ0v) is 42.5. The number of hydrogen-bond donors (Lipinski definition) is 0. The Morgan fingerprint density at radius 2 is 0.756 bits per heavy atom. The Hall–Kier alpha value is -10.2. The molecule has 0 saturated heterocycles. The minimum atomic E-state index is -0.104. The molecule has 0 spiro atoms. The Morgan fingerprint density at radius 3 is 1.38 bits per heavy atom. The van der Waals surface area contributed by atoms with E-state index in [1.165, 1.54) is 71.4 Å². The highest BCUT2D eigenvalue weighted by molar-refractivity contribution is 6.14. The molecule has 1 aliphatic rings. The lowest BCUT2D eigenvalue weighted by Gasteiger charge is -2.39. The van der Waals surface area contributed by atoms with Crippen LogP contribution in [0.5, 0.6) is 0 Å². The molecule has 1 atom stereocenters. The second kappa shape index (κ2) is 17.7. The summed E-state index contributed by atoms with van der Waals surface area (Å²) < 4.78 is 13.8. The number of nitrogens with zero attached hydrogens (tertiary/aromatic N) is 2. The molecule has 0 aliphatic heterocycles. The molecule has 13 aromatic carbocycles. The van der Waals surface area contributed by atoms with Gasteiger partial charge in [0.05, 0.1) is 23.1 Å². The van der Waals surface area contributed by atoms with Crippen molar-refractivity contribution in [3.05, 3.63) is 284 Å². The molecule has 366 valence electrons. The van der Waals surface area contributed by atoms with Gasteiger partial charge in [-0.2, -0.15) is 0 Å². The van der Waals surface area contributed by atoms with Crippen LogP contribution in [0, 0.1) is 0 Å². The molecule has 1 aliphatic carbocycles. The van der Waals surface area contributed by atoms with Crippen molar-refractivity contribution in [2.24, 2.45) is 0 Å². The third kappa shape index (κ3) is 6.93. The number of para-hydroxylation sites is 4. The highest BCUT2D eigenvalue weighted by Crippen LogP contribution is 2.53. The number of hydrogen-bond acceptors (Lipinski definition) is 4. The van der Waals surface area contributed by atoms with Crippen molar-refractivity contribution in [2.75, 3.05) is 9.80 Å². The molecule has 0 N–H and O–H groups in total. The summed E-state index contributed by atoms with van der Waals surface area (Å²) in [7, 11) is 0. The first-order valence-electron chi connectivity index (χ1n) is 26.9. The molecule has 0 bridgehead atoms. The summed E-state index contributed by atoms with van der Waals surface area (Å²) in [4.78, 5) is 4.98. The normalized spacial score (nSPS) is 13.2. The van der Waals surface area contributed by atoms with Gasteiger partial charge in [0.2, 0.25) is 0 Å². The van der Waals surface area contributed by atoms with E-state index in [2.05, 4.69) is 283 Å². The Bertz CT molecular complexity index is 4840. The molecule has 16 rings (SSSR count). The molecule has 0 fully saturated rings. The maximum Gasteiger partial charge on any atom is 0.159 e. The molecular formula is C74H48N2O2. The fourth-order valence-electron chi connectivity index (χ4n) is 12.9. The van der Waals surface area contributed by atoms with Gasteiger partial charge in [0.15, 0.2) is 11.2 Å². The maximum atomic E-state index is 6.92. The summed E-state index contributed by atoms with van der Waals surface area (Å²) in [6.07, 6.45) is 0.744. The minimum absolute atomic E-state index is 0.104. The van der Waals surface area contributed by atoms with Crippen LogP contribution in [0.3, 0.4) is 0 Å². The fraction of sp³-hybridized carbons (Fsp3) is 0.0270. The van der Waals surface area contributed by atoms with Crippen LogP contribution in [0.1, 0.15) is 17.2 Å². The van der Waals surface area contributed by atoms with E-state index in [4.69, 9.17) is 8.83 Å². The van der Waals surface area contributed by atoms with Crippen LogP contribution in [0.15, 0.2) is 282 Å². The fourth-order valence-corrected chi connectivity index (χ4v) is 12.9. The lowest BCUT2D eigenvalue weighted by Crippen LogP contribution is -2.29. The number of rotatable bonds is 8. The molecule has 0 radical (unpaired) electrons. The summed E-state index contributed by atoms with van der Waals surface area (Å²) in [5.41, 5.74) is 18.4. The molecule has 0 saturated carbocycles. The standard InChI is InChI=1S/C74H48N2O2/c1-3-21-53-47(17-1)19-13-29-55(53)49-37-41-51(42-38-49)75(67-33-15-31-63-61-27-9-11-35-71(61)77-73(63)67)69-45-65-58-24-6-8-26-60(58)70(46-66(65)57-23-5-7-25-59(57)69)76(68-34-16-32-64-62-28-10-12-36-72(62)78-74(64)68)52-43-39-50(40-44-52)56-30-14-20-48-18-2-4-22-54(48)56/h1-45,70H,46H2. The zero-order chi connectivity index (χ0) is 51.3. The van der Waals surface area contributed by atoms with Gasteiger partial charge in [0.25, 0.3) is 0 Å². The maximum absolute atomic E-state index is 6.92. The van der Waals surface area contributed by atoms with E-state index in [0.717, 1.165) is 84.1 Å². The van der Waals surface area contributed by atoms with Crippen LogP contribution in [-0.4, -0.2) is 0 Å². The van der Waals surface area contributed by atoms with Gasteiger partial charge in [-0.3, -0.25) is 0 Å². The van der Waals surface area contributed by atoms with Crippen molar-refractivity contribution in [1.82, 2.24) is 0 Å².